The van der Waals surface area contributed by atoms with E-state index in [0.29, 0.717) is 18.1 Å². The van der Waals surface area contributed by atoms with Gasteiger partial charge in [-0.15, -0.1) is 0 Å². The van der Waals surface area contributed by atoms with Crippen molar-refractivity contribution in [3.8, 4) is 5.75 Å². The molecule has 1 N–H and O–H groups in total. The number of aliphatic hydroxyl groups excluding tert-OH is 1. The highest BCUT2D eigenvalue weighted by atomic mass is 35.5. The van der Waals surface area contributed by atoms with Crippen molar-refractivity contribution in [2.75, 3.05) is 6.61 Å². The lowest BCUT2D eigenvalue weighted by molar-refractivity contribution is 0.276. The fourth-order valence-electron chi connectivity index (χ4n) is 0.818. The van der Waals surface area contributed by atoms with Crippen LogP contribution in [0.5, 0.6) is 5.75 Å². The molecule has 1 aromatic heterocycles. The summed E-state index contributed by atoms with van der Waals surface area (Å²) in [6.45, 7) is 2.27. The topological polar surface area (TPSA) is 42.4 Å². The highest BCUT2D eigenvalue weighted by Crippen LogP contribution is 2.10. The molecule has 0 radical (unpaired) electrons. The van der Waals surface area contributed by atoms with Crippen molar-refractivity contribution < 1.29 is 9.84 Å². The van der Waals surface area contributed by atoms with Crippen LogP contribution in [0.3, 0.4) is 0 Å². The number of pyridine rings is 1. The maximum Gasteiger partial charge on any atom is 0.138 e. The van der Waals surface area contributed by atoms with E-state index >= 15 is 0 Å². The molecule has 0 aliphatic rings. The van der Waals surface area contributed by atoms with Crippen molar-refractivity contribution in [3.63, 3.8) is 0 Å². The number of halogens is 1. The van der Waals surface area contributed by atoms with Gasteiger partial charge in [0.1, 0.15) is 12.4 Å². The summed E-state index contributed by atoms with van der Waals surface area (Å²) in [5.74, 6) is 0.667. The number of aromatic nitrogens is 1. The van der Waals surface area contributed by atoms with Gasteiger partial charge in [0.15, 0.2) is 0 Å². The SMILES string of the molecule is C/C(=C/Cl)COc1ccc(CO)nc1. The summed E-state index contributed by atoms with van der Waals surface area (Å²) in [5, 5.41) is 8.75. The molecule has 0 bridgehead atoms. The zero-order valence-electron chi connectivity index (χ0n) is 7.90. The van der Waals surface area contributed by atoms with Gasteiger partial charge in [-0.3, -0.25) is 4.98 Å². The molecule has 0 saturated carbocycles. The largest absolute Gasteiger partial charge is 0.488 e. The molecule has 0 aliphatic heterocycles. The van der Waals surface area contributed by atoms with Crippen molar-refractivity contribution in [3.05, 3.63) is 35.1 Å². The lowest BCUT2D eigenvalue weighted by Crippen LogP contribution is -1.99. The van der Waals surface area contributed by atoms with Gasteiger partial charge in [0.2, 0.25) is 0 Å². The maximum atomic E-state index is 8.75. The molecule has 14 heavy (non-hydrogen) atoms. The first-order valence-electron chi connectivity index (χ1n) is 4.20. The summed E-state index contributed by atoms with van der Waals surface area (Å²) in [4.78, 5) is 3.97. The summed E-state index contributed by atoms with van der Waals surface area (Å²) in [6.07, 6.45) is 1.58. The van der Waals surface area contributed by atoms with Crippen LogP contribution in [0, 0.1) is 0 Å². The third kappa shape index (κ3) is 3.36. The van der Waals surface area contributed by atoms with E-state index < -0.39 is 0 Å². The number of aliphatic hydroxyl groups is 1. The fourth-order valence-corrected chi connectivity index (χ4v) is 0.881. The molecule has 3 nitrogen and oxygen atoms in total. The Bertz CT molecular complexity index is 308. The zero-order valence-corrected chi connectivity index (χ0v) is 8.66. The van der Waals surface area contributed by atoms with Gasteiger partial charge in [0.25, 0.3) is 0 Å². The smallest absolute Gasteiger partial charge is 0.138 e. The third-order valence-corrected chi connectivity index (χ3v) is 1.98. The Hall–Kier alpha value is -1.06. The van der Waals surface area contributed by atoms with E-state index in [1.807, 2.05) is 6.92 Å². The molecule has 0 saturated heterocycles. The van der Waals surface area contributed by atoms with Gasteiger partial charge < -0.3 is 9.84 Å². The number of ether oxygens (including phenoxy) is 1. The number of hydrogen-bond acceptors (Lipinski definition) is 3. The Morgan fingerprint density at radius 1 is 1.64 bits per heavy atom. The van der Waals surface area contributed by atoms with Crippen molar-refractivity contribution in [1.82, 2.24) is 4.98 Å². The standard InChI is InChI=1S/C10H12ClNO2/c1-8(4-11)7-14-10-3-2-9(6-13)12-5-10/h2-5,13H,6-7H2,1H3/b8-4-. The molecular weight excluding hydrogens is 202 g/mol. The van der Waals surface area contributed by atoms with Crippen LogP contribution >= 0.6 is 11.6 Å². The number of rotatable bonds is 4. The highest BCUT2D eigenvalue weighted by molar-refractivity contribution is 6.25. The molecule has 1 aromatic rings. The predicted octanol–water partition coefficient (Wildman–Crippen LogP) is 2.10. The Balaban J connectivity index is 2.52. The fraction of sp³-hybridized carbons (Fsp3) is 0.300. The molecule has 0 aromatic carbocycles. The molecule has 0 fully saturated rings. The minimum Gasteiger partial charge on any atom is -0.488 e. The first kappa shape index (κ1) is 11.0. The van der Waals surface area contributed by atoms with Gasteiger partial charge in [-0.1, -0.05) is 11.6 Å². The first-order chi connectivity index (χ1) is 6.76. The lowest BCUT2D eigenvalue weighted by Gasteiger charge is -2.05. The molecule has 1 heterocycles. The second-order valence-corrected chi connectivity index (χ2v) is 3.11. The molecule has 76 valence electrons. The van der Waals surface area contributed by atoms with Gasteiger partial charge >= 0.3 is 0 Å². The molecular formula is C10H12ClNO2. The molecule has 1 rings (SSSR count). The van der Waals surface area contributed by atoms with Crippen LogP contribution in [-0.4, -0.2) is 16.7 Å². The zero-order chi connectivity index (χ0) is 10.4. The van der Waals surface area contributed by atoms with E-state index in [2.05, 4.69) is 4.98 Å². The van der Waals surface area contributed by atoms with Crippen LogP contribution in [-0.2, 0) is 6.61 Å². The second-order valence-electron chi connectivity index (χ2n) is 2.89. The van der Waals surface area contributed by atoms with Crippen LogP contribution in [0.15, 0.2) is 29.4 Å². The molecule has 4 heteroatoms. The van der Waals surface area contributed by atoms with Gasteiger partial charge in [-0.05, 0) is 24.6 Å². The van der Waals surface area contributed by atoms with Crippen LogP contribution in [0.1, 0.15) is 12.6 Å². The van der Waals surface area contributed by atoms with E-state index in [9.17, 15) is 0 Å². The van der Waals surface area contributed by atoms with Crippen LogP contribution in [0.25, 0.3) is 0 Å². The maximum absolute atomic E-state index is 8.75. The normalized spacial score (nSPS) is 11.5. The molecule has 0 spiro atoms. The van der Waals surface area contributed by atoms with Crippen LogP contribution in [0.4, 0.5) is 0 Å². The first-order valence-corrected chi connectivity index (χ1v) is 4.64. The molecule has 0 amide bonds. The second kappa shape index (κ2) is 5.62. The number of nitrogens with zero attached hydrogens (tertiary/aromatic N) is 1. The Labute approximate surface area is 88.0 Å². The van der Waals surface area contributed by atoms with Crippen molar-refractivity contribution in [1.29, 1.82) is 0 Å². The summed E-state index contributed by atoms with van der Waals surface area (Å²) in [5.41, 5.74) is 3.05. The average molecular weight is 214 g/mol. The Morgan fingerprint density at radius 2 is 2.43 bits per heavy atom. The Kier molecular flexibility index (Phi) is 4.43. The third-order valence-electron chi connectivity index (χ3n) is 1.61. The average Bonchev–Trinajstić information content (AvgIpc) is 2.26. The van der Waals surface area contributed by atoms with E-state index in [1.165, 1.54) is 5.54 Å². The van der Waals surface area contributed by atoms with Crippen molar-refractivity contribution in [2.45, 2.75) is 13.5 Å². The van der Waals surface area contributed by atoms with E-state index in [0.717, 1.165) is 5.57 Å². The van der Waals surface area contributed by atoms with E-state index in [1.54, 1.807) is 18.3 Å². The van der Waals surface area contributed by atoms with Gasteiger partial charge in [-0.2, -0.15) is 0 Å². The molecule has 0 aliphatic carbocycles. The highest BCUT2D eigenvalue weighted by Gasteiger charge is 1.96. The van der Waals surface area contributed by atoms with E-state index in [-0.39, 0.29) is 6.61 Å². The van der Waals surface area contributed by atoms with Crippen molar-refractivity contribution in [2.24, 2.45) is 0 Å². The summed E-state index contributed by atoms with van der Waals surface area (Å²) in [7, 11) is 0. The van der Waals surface area contributed by atoms with Crippen LogP contribution < -0.4 is 4.74 Å². The minimum atomic E-state index is -0.0547. The minimum absolute atomic E-state index is 0.0547. The van der Waals surface area contributed by atoms with Gasteiger partial charge in [-0.25, -0.2) is 0 Å². The molecule has 0 unspecified atom stereocenters. The van der Waals surface area contributed by atoms with E-state index in [4.69, 9.17) is 21.4 Å². The summed E-state index contributed by atoms with van der Waals surface area (Å²) >= 11 is 5.48. The molecule has 0 atom stereocenters. The lowest BCUT2D eigenvalue weighted by atomic mass is 10.3. The summed E-state index contributed by atoms with van der Waals surface area (Å²) < 4.78 is 5.36. The monoisotopic (exact) mass is 213 g/mol. The van der Waals surface area contributed by atoms with Crippen LogP contribution in [0.2, 0.25) is 0 Å². The van der Waals surface area contributed by atoms with Crippen molar-refractivity contribution >= 4 is 11.6 Å². The Morgan fingerprint density at radius 3 is 2.93 bits per heavy atom. The predicted molar refractivity (Wildman–Crippen MR) is 55.3 cm³/mol. The van der Waals surface area contributed by atoms with Gasteiger partial charge in [0, 0.05) is 5.54 Å². The summed E-state index contributed by atoms with van der Waals surface area (Å²) in [6, 6.07) is 3.48. The number of hydrogen-bond donors (Lipinski definition) is 1. The quantitative estimate of drug-likeness (QED) is 0.833. The van der Waals surface area contributed by atoms with Gasteiger partial charge in [0.05, 0.1) is 18.5 Å².